The van der Waals surface area contributed by atoms with Crippen LogP contribution in [0.25, 0.3) is 0 Å². The summed E-state index contributed by atoms with van der Waals surface area (Å²) >= 11 is 4.20. The predicted molar refractivity (Wildman–Crippen MR) is 79.1 cm³/mol. The number of benzene rings is 1. The first kappa shape index (κ1) is 16.3. The molecule has 2 rings (SSSR count). The van der Waals surface area contributed by atoms with Gasteiger partial charge in [0.05, 0.1) is 0 Å². The highest BCUT2D eigenvalue weighted by Crippen LogP contribution is 2.28. The molecular weight excluding hydrogens is 388 g/mol. The summed E-state index contributed by atoms with van der Waals surface area (Å²) in [5, 5.41) is 1.63. The fourth-order valence-electron chi connectivity index (χ4n) is 1.57. The zero-order chi connectivity index (χ0) is 15.5. The normalized spacial score (nSPS) is 11.8. The van der Waals surface area contributed by atoms with Crippen molar-refractivity contribution in [1.82, 2.24) is 4.72 Å². The van der Waals surface area contributed by atoms with Crippen LogP contribution in [0.15, 0.2) is 44.4 Å². The maximum atomic E-state index is 12.3. The molecule has 0 aliphatic rings. The Labute approximate surface area is 132 Å². The minimum atomic E-state index is -3.71. The van der Waals surface area contributed by atoms with Gasteiger partial charge in [-0.1, -0.05) is 18.2 Å². The summed E-state index contributed by atoms with van der Waals surface area (Å²) in [6.07, 6.45) is 0. The van der Waals surface area contributed by atoms with E-state index < -0.39 is 16.6 Å². The van der Waals surface area contributed by atoms with Gasteiger partial charge in [-0.25, -0.2) is 13.1 Å². The van der Waals surface area contributed by atoms with Crippen molar-refractivity contribution in [2.24, 2.45) is 0 Å². The Morgan fingerprint density at radius 2 is 2.00 bits per heavy atom. The van der Waals surface area contributed by atoms with Gasteiger partial charge in [0.15, 0.2) is 0 Å². The van der Waals surface area contributed by atoms with Gasteiger partial charge in [-0.15, -0.1) is 11.3 Å². The molecule has 0 amide bonds. The van der Waals surface area contributed by atoms with E-state index in [0.717, 1.165) is 11.3 Å². The van der Waals surface area contributed by atoms with E-state index in [-0.39, 0.29) is 16.5 Å². The highest BCUT2D eigenvalue weighted by molar-refractivity contribution is 9.10. The Balaban J connectivity index is 2.15. The maximum Gasteiger partial charge on any atom is 0.387 e. The molecular formula is C12H10BrF2NO3S2. The van der Waals surface area contributed by atoms with Crippen molar-refractivity contribution in [2.45, 2.75) is 17.4 Å². The van der Waals surface area contributed by atoms with Crippen LogP contribution in [0, 0.1) is 0 Å². The molecule has 114 valence electrons. The fourth-order valence-corrected chi connectivity index (χ4v) is 4.96. The van der Waals surface area contributed by atoms with E-state index in [0.29, 0.717) is 10.0 Å². The lowest BCUT2D eigenvalue weighted by atomic mass is 10.2. The molecule has 1 heterocycles. The lowest BCUT2D eigenvalue weighted by Gasteiger charge is -2.11. The van der Waals surface area contributed by atoms with Crippen LogP contribution >= 0.6 is 27.3 Å². The van der Waals surface area contributed by atoms with Crippen molar-refractivity contribution in [3.05, 3.63) is 45.7 Å². The van der Waals surface area contributed by atoms with E-state index in [2.05, 4.69) is 25.4 Å². The first-order valence-electron chi connectivity index (χ1n) is 5.65. The molecule has 21 heavy (non-hydrogen) atoms. The Kier molecular flexibility index (Phi) is 5.31. The molecule has 0 fully saturated rings. The van der Waals surface area contributed by atoms with Crippen LogP contribution in [0.5, 0.6) is 5.75 Å². The molecule has 0 atom stereocenters. The average molecular weight is 398 g/mol. The monoisotopic (exact) mass is 397 g/mol. The molecule has 0 saturated heterocycles. The Morgan fingerprint density at radius 1 is 1.29 bits per heavy atom. The molecule has 1 N–H and O–H groups in total. The lowest BCUT2D eigenvalue weighted by molar-refractivity contribution is -0.0504. The number of hydrogen-bond acceptors (Lipinski definition) is 4. The second-order valence-electron chi connectivity index (χ2n) is 3.87. The lowest BCUT2D eigenvalue weighted by Crippen LogP contribution is -2.23. The van der Waals surface area contributed by atoms with Crippen molar-refractivity contribution in [3.8, 4) is 5.75 Å². The van der Waals surface area contributed by atoms with E-state index in [9.17, 15) is 17.2 Å². The molecule has 2 aromatic rings. The summed E-state index contributed by atoms with van der Waals surface area (Å²) in [5.74, 6) is -0.0551. The van der Waals surface area contributed by atoms with E-state index in [1.165, 1.54) is 18.2 Å². The van der Waals surface area contributed by atoms with Crippen molar-refractivity contribution >= 4 is 37.3 Å². The van der Waals surface area contributed by atoms with Gasteiger partial charge in [0.2, 0.25) is 0 Å². The van der Waals surface area contributed by atoms with Gasteiger partial charge in [0, 0.05) is 16.6 Å². The molecule has 9 heteroatoms. The third kappa shape index (κ3) is 4.22. The molecule has 0 unspecified atom stereocenters. The molecule has 0 radical (unpaired) electrons. The minimum Gasteiger partial charge on any atom is -0.434 e. The van der Waals surface area contributed by atoms with E-state index in [1.54, 1.807) is 17.5 Å². The number of para-hydroxylation sites is 1. The number of sulfonamides is 1. The average Bonchev–Trinajstić information content (AvgIpc) is 2.84. The molecule has 0 spiro atoms. The Hall–Kier alpha value is -1.03. The van der Waals surface area contributed by atoms with E-state index in [4.69, 9.17) is 0 Å². The number of ether oxygens (including phenoxy) is 1. The first-order valence-corrected chi connectivity index (χ1v) is 8.81. The van der Waals surface area contributed by atoms with Gasteiger partial charge in [-0.3, -0.25) is 0 Å². The minimum absolute atomic E-state index is 0.0551. The van der Waals surface area contributed by atoms with E-state index in [1.807, 2.05) is 0 Å². The number of halogens is 3. The Bertz CT molecular complexity index is 719. The van der Waals surface area contributed by atoms with Gasteiger partial charge in [-0.2, -0.15) is 8.78 Å². The van der Waals surface area contributed by atoms with E-state index >= 15 is 0 Å². The molecule has 1 aromatic carbocycles. The zero-order valence-electron chi connectivity index (χ0n) is 10.4. The van der Waals surface area contributed by atoms with Gasteiger partial charge in [0.1, 0.15) is 9.96 Å². The molecule has 1 aromatic heterocycles. The van der Waals surface area contributed by atoms with Crippen LogP contribution in [0.3, 0.4) is 0 Å². The quantitative estimate of drug-likeness (QED) is 0.809. The summed E-state index contributed by atoms with van der Waals surface area (Å²) in [6, 6.07) is 7.64. The van der Waals surface area contributed by atoms with Crippen LogP contribution in [-0.2, 0) is 16.6 Å². The third-order valence-corrected chi connectivity index (χ3v) is 6.54. The second kappa shape index (κ2) is 6.82. The van der Waals surface area contributed by atoms with Gasteiger partial charge < -0.3 is 4.74 Å². The summed E-state index contributed by atoms with van der Waals surface area (Å²) in [4.78, 5) is 0. The number of rotatable bonds is 6. The molecule has 0 saturated carbocycles. The highest BCUT2D eigenvalue weighted by Gasteiger charge is 2.19. The smallest absolute Gasteiger partial charge is 0.387 e. The number of alkyl halides is 2. The van der Waals surface area contributed by atoms with Crippen LogP contribution in [0.1, 0.15) is 5.56 Å². The third-order valence-electron chi connectivity index (χ3n) is 2.47. The zero-order valence-corrected chi connectivity index (χ0v) is 13.6. The van der Waals surface area contributed by atoms with Gasteiger partial charge >= 0.3 is 6.61 Å². The predicted octanol–water partition coefficient (Wildman–Crippen LogP) is 3.59. The molecule has 0 aliphatic heterocycles. The highest BCUT2D eigenvalue weighted by atomic mass is 79.9. The molecule has 0 aliphatic carbocycles. The van der Waals surface area contributed by atoms with Crippen LogP contribution in [0.2, 0.25) is 0 Å². The first-order chi connectivity index (χ1) is 9.90. The SMILES string of the molecule is O=S(=O)(NCc1ccccc1OC(F)F)c1sccc1Br. The number of thiophene rings is 1. The van der Waals surface area contributed by atoms with Crippen LogP contribution < -0.4 is 9.46 Å². The van der Waals surface area contributed by atoms with Crippen molar-refractivity contribution in [1.29, 1.82) is 0 Å². The van der Waals surface area contributed by atoms with Crippen molar-refractivity contribution in [3.63, 3.8) is 0 Å². The standard InChI is InChI=1S/C12H10BrF2NO3S2/c13-9-5-6-20-11(9)21(17,18)16-7-8-3-1-2-4-10(8)19-12(14)15/h1-6,12,16H,7H2. The van der Waals surface area contributed by atoms with Crippen molar-refractivity contribution < 1.29 is 21.9 Å². The van der Waals surface area contributed by atoms with Gasteiger partial charge in [0.25, 0.3) is 10.0 Å². The second-order valence-corrected chi connectivity index (χ2v) is 7.60. The Morgan fingerprint density at radius 3 is 2.62 bits per heavy atom. The summed E-state index contributed by atoms with van der Waals surface area (Å²) in [6.45, 7) is -3.11. The number of nitrogens with one attached hydrogen (secondary N) is 1. The topological polar surface area (TPSA) is 55.4 Å². The number of hydrogen-bond donors (Lipinski definition) is 1. The molecule has 4 nitrogen and oxygen atoms in total. The summed E-state index contributed by atoms with van der Waals surface area (Å²) in [5.41, 5.74) is 0.328. The summed E-state index contributed by atoms with van der Waals surface area (Å²) < 4.78 is 56.1. The van der Waals surface area contributed by atoms with Gasteiger partial charge in [-0.05, 0) is 33.4 Å². The van der Waals surface area contributed by atoms with Crippen LogP contribution in [-0.4, -0.2) is 15.0 Å². The largest absolute Gasteiger partial charge is 0.434 e. The summed E-state index contributed by atoms with van der Waals surface area (Å²) in [7, 11) is -3.71. The van der Waals surface area contributed by atoms with Crippen LogP contribution in [0.4, 0.5) is 8.78 Å². The maximum absolute atomic E-state index is 12.3. The fraction of sp³-hybridized carbons (Fsp3) is 0.167. The van der Waals surface area contributed by atoms with Crippen molar-refractivity contribution in [2.75, 3.05) is 0 Å². The molecule has 0 bridgehead atoms.